The lowest BCUT2D eigenvalue weighted by atomic mass is 10.2. The van der Waals surface area contributed by atoms with E-state index in [2.05, 4.69) is 15.3 Å². The quantitative estimate of drug-likeness (QED) is 0.900. The Balaban J connectivity index is 1.92. The minimum absolute atomic E-state index is 0.133. The third-order valence-corrected chi connectivity index (χ3v) is 2.72. The van der Waals surface area contributed by atoms with Gasteiger partial charge in [0.2, 0.25) is 0 Å². The molecule has 1 heterocycles. The summed E-state index contributed by atoms with van der Waals surface area (Å²) in [5, 5.41) is 4.32. The first-order valence-corrected chi connectivity index (χ1v) is 6.37. The van der Waals surface area contributed by atoms with Gasteiger partial charge in [0.15, 0.2) is 0 Å². The highest BCUT2D eigenvalue weighted by Crippen LogP contribution is 2.15. The number of hydrogen-bond acceptors (Lipinski definition) is 4. The van der Waals surface area contributed by atoms with Crippen LogP contribution in [0.5, 0.6) is 0 Å². The van der Waals surface area contributed by atoms with Gasteiger partial charge in [-0.2, -0.15) is 13.2 Å². The molecule has 0 unspecified atom stereocenters. The molecule has 120 valence electrons. The van der Waals surface area contributed by atoms with Crippen LogP contribution in [0, 0.1) is 0 Å². The molecule has 9 heteroatoms. The first kappa shape index (κ1) is 16.4. The molecule has 1 aromatic heterocycles. The van der Waals surface area contributed by atoms with Crippen molar-refractivity contribution in [3.63, 3.8) is 0 Å². The van der Waals surface area contributed by atoms with Crippen LogP contribution >= 0.6 is 0 Å². The molecular weight excluding hydrogens is 313 g/mol. The molecule has 2 N–H and O–H groups in total. The van der Waals surface area contributed by atoms with Crippen LogP contribution in [-0.4, -0.2) is 28.0 Å². The Morgan fingerprint density at radius 1 is 1.09 bits per heavy atom. The lowest BCUT2D eigenvalue weighted by Gasteiger charge is -2.09. The maximum atomic E-state index is 12.1. The summed E-state index contributed by atoms with van der Waals surface area (Å²) in [6.45, 7) is -0.267. The second-order valence-electron chi connectivity index (χ2n) is 4.42. The molecule has 2 aromatic rings. The van der Waals surface area contributed by atoms with E-state index < -0.39 is 18.0 Å². The van der Waals surface area contributed by atoms with Crippen LogP contribution in [0.15, 0.2) is 42.9 Å². The summed E-state index contributed by atoms with van der Waals surface area (Å²) in [4.78, 5) is 30.1. The number of carbonyl (C=O) groups is 2. The summed E-state index contributed by atoms with van der Waals surface area (Å²) in [5.41, 5.74) is 1.03. The molecule has 0 atom stereocenters. The number of halogens is 3. The highest BCUT2D eigenvalue weighted by molar-refractivity contribution is 6.02. The zero-order valence-electron chi connectivity index (χ0n) is 11.6. The molecule has 0 aliphatic heterocycles. The highest BCUT2D eigenvalue weighted by Gasteiger charge is 2.38. The number of nitrogens with zero attached hydrogens (tertiary/aromatic N) is 2. The molecular formula is C14H11F3N4O2. The van der Waals surface area contributed by atoms with Gasteiger partial charge in [-0.1, -0.05) is 12.1 Å². The molecule has 0 saturated carbocycles. The predicted octanol–water partition coefficient (Wildman–Crippen LogP) is 1.91. The lowest BCUT2D eigenvalue weighted by molar-refractivity contribution is -0.173. The molecule has 0 radical (unpaired) electrons. The van der Waals surface area contributed by atoms with Gasteiger partial charge in [-0.3, -0.25) is 14.6 Å². The van der Waals surface area contributed by atoms with Crippen LogP contribution in [0.2, 0.25) is 0 Å². The Hall–Kier alpha value is -2.97. The van der Waals surface area contributed by atoms with E-state index in [0.29, 0.717) is 11.3 Å². The Morgan fingerprint density at radius 2 is 1.78 bits per heavy atom. The summed E-state index contributed by atoms with van der Waals surface area (Å²) < 4.78 is 36.2. The molecule has 0 fully saturated rings. The van der Waals surface area contributed by atoms with E-state index in [-0.39, 0.29) is 12.2 Å². The van der Waals surface area contributed by atoms with Crippen molar-refractivity contribution in [3.8, 4) is 0 Å². The Labute approximate surface area is 128 Å². The van der Waals surface area contributed by atoms with Crippen molar-refractivity contribution in [1.29, 1.82) is 0 Å². The number of rotatable bonds is 4. The third-order valence-electron chi connectivity index (χ3n) is 2.72. The molecule has 0 spiro atoms. The highest BCUT2D eigenvalue weighted by atomic mass is 19.4. The normalized spacial score (nSPS) is 10.9. The Bertz CT molecular complexity index is 687. The number of nitrogens with one attached hydrogen (secondary N) is 2. The lowest BCUT2D eigenvalue weighted by Crippen LogP contribution is -2.36. The molecule has 0 saturated heterocycles. The van der Waals surface area contributed by atoms with Crippen LogP contribution in [0.25, 0.3) is 0 Å². The molecule has 0 aliphatic carbocycles. The molecule has 0 bridgehead atoms. The zero-order valence-corrected chi connectivity index (χ0v) is 11.6. The van der Waals surface area contributed by atoms with Gasteiger partial charge in [0.1, 0.15) is 5.69 Å². The van der Waals surface area contributed by atoms with E-state index in [1.165, 1.54) is 42.9 Å². The smallest absolute Gasteiger partial charge is 0.344 e. The van der Waals surface area contributed by atoms with Crippen molar-refractivity contribution in [1.82, 2.24) is 15.3 Å². The third kappa shape index (κ3) is 4.77. The van der Waals surface area contributed by atoms with Gasteiger partial charge in [-0.15, -0.1) is 0 Å². The van der Waals surface area contributed by atoms with E-state index in [1.807, 2.05) is 0 Å². The van der Waals surface area contributed by atoms with E-state index in [0.717, 1.165) is 0 Å². The van der Waals surface area contributed by atoms with E-state index >= 15 is 0 Å². The first-order chi connectivity index (χ1) is 10.9. The van der Waals surface area contributed by atoms with E-state index in [4.69, 9.17) is 0 Å². The summed E-state index contributed by atoms with van der Waals surface area (Å²) in [5.74, 6) is -2.46. The van der Waals surface area contributed by atoms with Gasteiger partial charge in [0.05, 0.1) is 6.20 Å². The molecule has 23 heavy (non-hydrogen) atoms. The molecule has 2 amide bonds. The van der Waals surface area contributed by atoms with Crippen LogP contribution in [0.3, 0.4) is 0 Å². The molecule has 0 aliphatic rings. The number of hydrogen-bond donors (Lipinski definition) is 2. The fourth-order valence-electron chi connectivity index (χ4n) is 1.60. The second kappa shape index (κ2) is 6.86. The number of carbonyl (C=O) groups excluding carboxylic acids is 2. The number of aromatic nitrogens is 2. The van der Waals surface area contributed by atoms with Crippen molar-refractivity contribution < 1.29 is 22.8 Å². The van der Waals surface area contributed by atoms with E-state index in [9.17, 15) is 22.8 Å². The summed E-state index contributed by atoms with van der Waals surface area (Å²) in [7, 11) is 0. The van der Waals surface area contributed by atoms with Gasteiger partial charge < -0.3 is 10.6 Å². The van der Waals surface area contributed by atoms with E-state index in [1.54, 1.807) is 5.32 Å². The Morgan fingerprint density at radius 3 is 2.35 bits per heavy atom. The summed E-state index contributed by atoms with van der Waals surface area (Å²) in [6, 6.07) is 5.98. The Kier molecular flexibility index (Phi) is 4.89. The number of anilines is 1. The van der Waals surface area contributed by atoms with Gasteiger partial charge in [0.25, 0.3) is 5.91 Å². The minimum Gasteiger partial charge on any atom is -0.344 e. The SMILES string of the molecule is O=C(Nc1ccc(CNC(=O)C(F)(F)F)cc1)c1cnccn1. The maximum Gasteiger partial charge on any atom is 0.471 e. The average molecular weight is 324 g/mol. The van der Waals surface area contributed by atoms with Crippen molar-refractivity contribution in [3.05, 3.63) is 54.1 Å². The fraction of sp³-hybridized carbons (Fsp3) is 0.143. The second-order valence-corrected chi connectivity index (χ2v) is 4.42. The monoisotopic (exact) mass is 324 g/mol. The van der Waals surface area contributed by atoms with Gasteiger partial charge in [-0.05, 0) is 17.7 Å². The van der Waals surface area contributed by atoms with Gasteiger partial charge in [-0.25, -0.2) is 4.98 Å². The molecule has 6 nitrogen and oxygen atoms in total. The van der Waals surface area contributed by atoms with Crippen LogP contribution < -0.4 is 10.6 Å². The number of alkyl halides is 3. The molecule has 1 aromatic carbocycles. The minimum atomic E-state index is -4.91. The largest absolute Gasteiger partial charge is 0.471 e. The predicted molar refractivity (Wildman–Crippen MR) is 74.3 cm³/mol. The van der Waals surface area contributed by atoms with Crippen LogP contribution in [-0.2, 0) is 11.3 Å². The van der Waals surface area contributed by atoms with Gasteiger partial charge >= 0.3 is 12.1 Å². The standard InChI is InChI=1S/C14H11F3N4O2/c15-14(16,17)13(23)20-7-9-1-3-10(4-2-9)21-12(22)11-8-18-5-6-19-11/h1-6,8H,7H2,(H,20,23)(H,21,22). The average Bonchev–Trinajstić information content (AvgIpc) is 2.53. The fourth-order valence-corrected chi connectivity index (χ4v) is 1.60. The molecule has 2 rings (SSSR count). The van der Waals surface area contributed by atoms with Crippen molar-refractivity contribution in [2.45, 2.75) is 12.7 Å². The topological polar surface area (TPSA) is 84.0 Å². The summed E-state index contributed by atoms with van der Waals surface area (Å²) in [6.07, 6.45) is -0.802. The number of benzene rings is 1. The van der Waals surface area contributed by atoms with Crippen molar-refractivity contribution in [2.24, 2.45) is 0 Å². The van der Waals surface area contributed by atoms with Crippen molar-refractivity contribution >= 4 is 17.5 Å². The van der Waals surface area contributed by atoms with Gasteiger partial charge in [0, 0.05) is 24.6 Å². The van der Waals surface area contributed by atoms with Crippen molar-refractivity contribution in [2.75, 3.05) is 5.32 Å². The van der Waals surface area contributed by atoms with Crippen LogP contribution in [0.1, 0.15) is 16.1 Å². The zero-order chi connectivity index (χ0) is 16.9. The maximum absolute atomic E-state index is 12.1. The van der Waals surface area contributed by atoms with Crippen LogP contribution in [0.4, 0.5) is 18.9 Å². The first-order valence-electron chi connectivity index (χ1n) is 6.37. The summed E-state index contributed by atoms with van der Waals surface area (Å²) >= 11 is 0. The number of amides is 2.